The zero-order chi connectivity index (χ0) is 19.9. The van der Waals surface area contributed by atoms with Gasteiger partial charge < -0.3 is 4.48 Å². The van der Waals surface area contributed by atoms with Crippen LogP contribution in [0.15, 0.2) is 47.6 Å². The van der Waals surface area contributed by atoms with Gasteiger partial charge in [0.15, 0.2) is 5.69 Å². The number of quaternary nitrogens is 1. The first kappa shape index (κ1) is 22.1. The van der Waals surface area contributed by atoms with Gasteiger partial charge in [-0.2, -0.15) is 4.90 Å². The van der Waals surface area contributed by atoms with Crippen molar-refractivity contribution in [1.82, 2.24) is 0 Å². The maximum absolute atomic E-state index is 13.9. The first-order valence-electron chi connectivity index (χ1n) is 9.78. The summed E-state index contributed by atoms with van der Waals surface area (Å²) >= 11 is 1.62. The van der Waals surface area contributed by atoms with Crippen LogP contribution in [0.4, 0.5) is 17.2 Å². The summed E-state index contributed by atoms with van der Waals surface area (Å²) in [5, 5.41) is 0.939. The number of benzene rings is 1. The fourth-order valence-corrected chi connectivity index (χ4v) is 4.96. The molecular formula is C22H28N4OSV+2. The first-order chi connectivity index (χ1) is 13.4. The summed E-state index contributed by atoms with van der Waals surface area (Å²) in [6, 6.07) is 12.1. The summed E-state index contributed by atoms with van der Waals surface area (Å²) in [4.78, 5) is 20.8. The van der Waals surface area contributed by atoms with Gasteiger partial charge >= 0.3 is 5.91 Å². The van der Waals surface area contributed by atoms with E-state index in [4.69, 9.17) is 4.99 Å². The third-order valence-electron chi connectivity index (χ3n) is 5.73. The van der Waals surface area contributed by atoms with Crippen molar-refractivity contribution in [2.24, 2.45) is 18.0 Å². The smallest absolute Gasteiger partial charge is 0.323 e. The van der Waals surface area contributed by atoms with E-state index in [1.165, 1.54) is 0 Å². The Morgan fingerprint density at radius 1 is 1.24 bits per heavy atom. The molecule has 5 nitrogen and oxygen atoms in total. The Balaban J connectivity index is 0.00000240. The number of amides is 1. The van der Waals surface area contributed by atoms with Crippen LogP contribution in [0.2, 0.25) is 0 Å². The quantitative estimate of drug-likeness (QED) is 0.496. The zero-order valence-electron chi connectivity index (χ0n) is 17.5. The number of anilines is 2. The van der Waals surface area contributed by atoms with E-state index in [2.05, 4.69) is 20.2 Å². The number of likely N-dealkylation sites (tertiary alicyclic amines) is 1. The van der Waals surface area contributed by atoms with Gasteiger partial charge in [0.25, 0.3) is 5.82 Å². The van der Waals surface area contributed by atoms with E-state index in [0.717, 1.165) is 58.2 Å². The van der Waals surface area contributed by atoms with E-state index in [0.29, 0.717) is 0 Å². The number of carbonyl (C=O) groups excluding carboxylic acids is 1. The van der Waals surface area contributed by atoms with Gasteiger partial charge in [0.1, 0.15) is 16.6 Å². The second-order valence-electron chi connectivity index (χ2n) is 8.32. The standard InChI is InChI=1S/C22H28N4OS.V/c1-24-13-7-10-17-20(28-4)23-18-11-5-6-12-19(18)25(21(17)24)22(27)16-9-8-14-26(2,3)15-16;/h5-7,10-13,16H,8-9,14-15H2,1-4H3;/q+2;. The van der Waals surface area contributed by atoms with E-state index in [9.17, 15) is 4.79 Å². The van der Waals surface area contributed by atoms with Crippen molar-refractivity contribution in [2.45, 2.75) is 12.8 Å². The van der Waals surface area contributed by atoms with E-state index >= 15 is 0 Å². The van der Waals surface area contributed by atoms with Crippen molar-refractivity contribution in [1.29, 1.82) is 0 Å². The molecule has 1 amide bonds. The van der Waals surface area contributed by atoms with Gasteiger partial charge in [-0.1, -0.05) is 12.1 Å². The zero-order valence-corrected chi connectivity index (χ0v) is 19.7. The third-order valence-corrected chi connectivity index (χ3v) is 6.43. The number of piperidine rings is 1. The van der Waals surface area contributed by atoms with Crippen LogP contribution in [0.25, 0.3) is 0 Å². The minimum Gasteiger partial charge on any atom is -0.328 e. The van der Waals surface area contributed by atoms with E-state index in [1.54, 1.807) is 11.8 Å². The summed E-state index contributed by atoms with van der Waals surface area (Å²) in [6.07, 6.45) is 6.07. The Bertz CT molecular complexity index is 960. The van der Waals surface area contributed by atoms with Crippen molar-refractivity contribution < 1.29 is 32.4 Å². The molecule has 2 aliphatic heterocycles. The number of hydrogen-bond acceptors (Lipinski definition) is 3. The van der Waals surface area contributed by atoms with Gasteiger partial charge in [0.2, 0.25) is 0 Å². The van der Waals surface area contributed by atoms with Gasteiger partial charge in [-0.3, -0.25) is 0 Å². The normalized spacial score (nSPS) is 19.9. The Morgan fingerprint density at radius 2 is 2.00 bits per heavy atom. The molecule has 151 valence electrons. The molecule has 0 N–H and O–H groups in total. The van der Waals surface area contributed by atoms with Gasteiger partial charge in [0, 0.05) is 18.6 Å². The number of hydrogen-bond donors (Lipinski definition) is 0. The number of carbonyl (C=O) groups is 1. The van der Waals surface area contributed by atoms with Gasteiger partial charge in [-0.15, -0.1) is 11.8 Å². The van der Waals surface area contributed by atoms with Gasteiger partial charge in [-0.25, -0.2) is 14.4 Å². The predicted octanol–water partition coefficient (Wildman–Crippen LogP) is 3.41. The van der Waals surface area contributed by atoms with Gasteiger partial charge in [0.05, 0.1) is 46.0 Å². The van der Waals surface area contributed by atoms with Crippen LogP contribution in [0, 0.1) is 5.92 Å². The minimum atomic E-state index is 0. The molecule has 0 aliphatic carbocycles. The van der Waals surface area contributed by atoms with Crippen LogP contribution < -0.4 is 9.47 Å². The number of pyridine rings is 1. The van der Waals surface area contributed by atoms with Crippen molar-refractivity contribution in [3.05, 3.63) is 48.2 Å². The summed E-state index contributed by atoms with van der Waals surface area (Å²) in [5.74, 6) is 1.10. The molecule has 1 saturated heterocycles. The molecule has 1 fully saturated rings. The van der Waals surface area contributed by atoms with Crippen LogP contribution >= 0.6 is 11.8 Å². The average Bonchev–Trinajstić information content (AvgIpc) is 2.82. The Morgan fingerprint density at radius 3 is 2.72 bits per heavy atom. The Labute approximate surface area is 189 Å². The van der Waals surface area contributed by atoms with Crippen molar-refractivity contribution in [2.75, 3.05) is 38.3 Å². The van der Waals surface area contributed by atoms with Gasteiger partial charge in [-0.05, 0) is 43.4 Å². The maximum Gasteiger partial charge on any atom is 0.323 e. The van der Waals surface area contributed by atoms with Crippen LogP contribution in [-0.4, -0.2) is 48.9 Å². The summed E-state index contributed by atoms with van der Waals surface area (Å²) < 4.78 is 2.94. The van der Waals surface area contributed by atoms with E-state index in [1.807, 2.05) is 59.3 Å². The Hall–Kier alpha value is -1.60. The number of aliphatic imine (C=N–C) groups is 1. The van der Waals surface area contributed by atoms with Crippen LogP contribution in [0.1, 0.15) is 18.4 Å². The van der Waals surface area contributed by atoms with Crippen LogP contribution in [0.3, 0.4) is 0 Å². The van der Waals surface area contributed by atoms with Crippen molar-refractivity contribution >= 4 is 39.9 Å². The number of aryl methyl sites for hydroxylation is 1. The molecule has 0 saturated carbocycles. The largest absolute Gasteiger partial charge is 0.328 e. The second kappa shape index (κ2) is 8.64. The topological polar surface area (TPSA) is 36.6 Å². The third kappa shape index (κ3) is 4.17. The SMILES string of the molecule is CSC1=Nc2ccccc2N(C(=O)C2CCC[N+](C)(C)C2)c2c1ccc[n+]2C.[V]. The summed E-state index contributed by atoms with van der Waals surface area (Å²) in [7, 11) is 6.45. The Kier molecular flexibility index (Phi) is 6.59. The summed E-state index contributed by atoms with van der Waals surface area (Å²) in [5.41, 5.74) is 2.73. The number of rotatable bonds is 1. The molecule has 7 heteroatoms. The number of nitrogens with zero attached hydrogens (tertiary/aromatic N) is 4. The monoisotopic (exact) mass is 447 g/mol. The number of para-hydroxylation sites is 2. The molecule has 3 heterocycles. The second-order valence-corrected chi connectivity index (χ2v) is 9.12. The molecule has 0 bridgehead atoms. The predicted molar refractivity (Wildman–Crippen MR) is 115 cm³/mol. The maximum atomic E-state index is 13.9. The molecule has 1 unspecified atom stereocenters. The molecule has 4 rings (SSSR count). The molecule has 2 aromatic rings. The molecule has 1 aromatic carbocycles. The molecule has 29 heavy (non-hydrogen) atoms. The molecule has 1 atom stereocenters. The number of aromatic nitrogens is 1. The fourth-order valence-electron chi connectivity index (χ4n) is 4.39. The van der Waals surface area contributed by atoms with E-state index < -0.39 is 0 Å². The number of thioether (sulfide) groups is 1. The molecular weight excluding hydrogens is 419 g/mol. The average molecular weight is 448 g/mol. The number of fused-ring (bicyclic) bond motifs is 2. The minimum absolute atomic E-state index is 0. The van der Waals surface area contributed by atoms with E-state index in [-0.39, 0.29) is 30.4 Å². The first-order valence-corrected chi connectivity index (χ1v) is 11.0. The summed E-state index contributed by atoms with van der Waals surface area (Å²) in [6.45, 7) is 2.00. The fraction of sp³-hybridized carbons (Fsp3) is 0.409. The van der Waals surface area contributed by atoms with Crippen LogP contribution in [0.5, 0.6) is 0 Å². The molecule has 0 spiro atoms. The molecule has 2 aliphatic rings. The molecule has 1 aromatic heterocycles. The van der Waals surface area contributed by atoms with Crippen molar-refractivity contribution in [3.63, 3.8) is 0 Å². The van der Waals surface area contributed by atoms with Crippen molar-refractivity contribution in [3.8, 4) is 0 Å². The van der Waals surface area contributed by atoms with Crippen LogP contribution in [-0.2, 0) is 30.4 Å². The molecule has 1 radical (unpaired) electrons.